The summed E-state index contributed by atoms with van der Waals surface area (Å²) in [6.45, 7) is 51.6. The summed E-state index contributed by atoms with van der Waals surface area (Å²) in [5, 5.41) is 0.753. The number of benzene rings is 1. The Bertz CT molecular complexity index is 1520. The van der Waals surface area contributed by atoms with Crippen LogP contribution in [0.5, 0.6) is 11.5 Å². The molecule has 0 spiro atoms. The lowest BCUT2D eigenvalue weighted by Crippen LogP contribution is -2.41. The molecule has 1 aromatic carbocycles. The fourth-order valence-corrected chi connectivity index (χ4v) is 9.95. The van der Waals surface area contributed by atoms with E-state index in [0.717, 1.165) is 56.3 Å². The minimum Gasteiger partial charge on any atom is -0.523 e. The van der Waals surface area contributed by atoms with Crippen LogP contribution in [0.15, 0.2) is 24.3 Å². The quantitative estimate of drug-likeness (QED) is 0.257. The SMILES string of the molecule is CC(C)(C)B(C1CCCCC1)C1CCCCC1.CC(C)(C)B1OCCO1.CC(C)(C)B1Oc2ccccc2O1.CC(C)B1OC(C)(C)C(C)(C)O1.CC(C)B1OCC(C)(C)CO1.COB(OC)C(C)(C)C. The van der Waals surface area contributed by atoms with Crippen molar-refractivity contribution in [3.63, 3.8) is 0 Å². The highest BCUT2D eigenvalue weighted by Gasteiger charge is 2.52. The van der Waals surface area contributed by atoms with E-state index in [-0.39, 0.29) is 68.2 Å². The van der Waals surface area contributed by atoms with Crippen LogP contribution in [0.1, 0.15) is 217 Å². The van der Waals surface area contributed by atoms with Crippen LogP contribution < -0.4 is 9.31 Å². The molecule has 2 saturated carbocycles. The fraction of sp³-hybridized carbons (Fsp3) is 0.891. The summed E-state index contributed by atoms with van der Waals surface area (Å²) < 4.78 is 54.6. The van der Waals surface area contributed by atoms with Crippen LogP contribution in [0, 0.1) is 5.41 Å². The van der Waals surface area contributed by atoms with Crippen molar-refractivity contribution in [2.45, 2.75) is 272 Å². The topological polar surface area (TPSA) is 92.3 Å². The second-order valence-corrected chi connectivity index (χ2v) is 27.9. The molecule has 7 rings (SSSR count). The van der Waals surface area contributed by atoms with E-state index in [0.29, 0.717) is 16.9 Å². The van der Waals surface area contributed by atoms with Gasteiger partial charge >= 0.3 is 35.6 Å². The normalized spacial score (nSPS) is 21.1. The number of hydrogen-bond acceptors (Lipinski definition) is 10. The first-order valence-corrected chi connectivity index (χ1v) is 27.9. The Morgan fingerprint density at radius 3 is 1.14 bits per heavy atom. The summed E-state index contributed by atoms with van der Waals surface area (Å²) in [5.74, 6) is 4.68. The lowest BCUT2D eigenvalue weighted by molar-refractivity contribution is 0.00578. The summed E-state index contributed by atoms with van der Waals surface area (Å²) in [6, 6.07) is 7.77. The second-order valence-electron chi connectivity index (χ2n) is 27.9. The van der Waals surface area contributed by atoms with Gasteiger partial charge < -0.3 is 46.5 Å². The highest BCUT2D eigenvalue weighted by molar-refractivity contribution is 6.65. The highest BCUT2D eigenvalue weighted by Crippen LogP contribution is 2.50. The molecule has 0 bridgehead atoms. The monoisotopic (exact) mass is 995 g/mol. The molecular weight excluding hydrogens is 885 g/mol. The third kappa shape index (κ3) is 22.9. The van der Waals surface area contributed by atoms with Crippen LogP contribution in [0.4, 0.5) is 0 Å². The first kappa shape index (κ1) is 66.0. The molecule has 0 N–H and O–H groups in total. The zero-order chi connectivity index (χ0) is 54.2. The van der Waals surface area contributed by atoms with E-state index in [1.165, 1.54) is 64.2 Å². The van der Waals surface area contributed by atoms with E-state index in [1.54, 1.807) is 14.2 Å². The van der Waals surface area contributed by atoms with E-state index in [2.05, 4.69) is 152 Å². The maximum Gasteiger partial charge on any atom is 0.600 e. The third-order valence-corrected chi connectivity index (χ3v) is 14.4. The Morgan fingerprint density at radius 1 is 0.521 bits per heavy atom. The van der Waals surface area contributed by atoms with Gasteiger partial charge in [0.25, 0.3) is 0 Å². The van der Waals surface area contributed by atoms with Gasteiger partial charge in [0.15, 0.2) is 6.71 Å². The molecule has 5 fully saturated rings. The molecule has 1 aromatic rings. The van der Waals surface area contributed by atoms with Gasteiger partial charge in [-0.1, -0.05) is 218 Å². The summed E-state index contributed by atoms with van der Waals surface area (Å²) in [4.78, 5) is 0. The molecule has 0 unspecified atom stereocenters. The molecule has 2 aliphatic carbocycles. The third-order valence-electron chi connectivity index (χ3n) is 14.4. The van der Waals surface area contributed by atoms with Crippen molar-refractivity contribution in [2.75, 3.05) is 40.6 Å². The zero-order valence-electron chi connectivity index (χ0n) is 50.6. The number of para-hydroxylation sites is 2. The van der Waals surface area contributed by atoms with E-state index in [4.69, 9.17) is 46.5 Å². The van der Waals surface area contributed by atoms with Crippen LogP contribution >= 0.6 is 0 Å². The summed E-state index contributed by atoms with van der Waals surface area (Å²) in [7, 11) is 3.02. The maximum absolute atomic E-state index is 5.80. The largest absolute Gasteiger partial charge is 0.600 e. The average Bonchev–Trinajstić information content (AvgIpc) is 4.01. The first-order chi connectivity index (χ1) is 32.6. The van der Waals surface area contributed by atoms with E-state index < -0.39 is 0 Å². The first-order valence-electron chi connectivity index (χ1n) is 27.9. The van der Waals surface area contributed by atoms with Crippen molar-refractivity contribution in [1.29, 1.82) is 0 Å². The molecule has 10 nitrogen and oxygen atoms in total. The maximum atomic E-state index is 5.80. The fourth-order valence-electron chi connectivity index (χ4n) is 9.95. The smallest absolute Gasteiger partial charge is 0.523 e. The van der Waals surface area contributed by atoms with Crippen LogP contribution in [-0.4, -0.2) is 94.2 Å². The van der Waals surface area contributed by atoms with Gasteiger partial charge in [0.1, 0.15) is 11.5 Å². The summed E-state index contributed by atoms with van der Waals surface area (Å²) in [6.07, 6.45) is 15.1. The minimum atomic E-state index is -0.179. The zero-order valence-corrected chi connectivity index (χ0v) is 50.6. The summed E-state index contributed by atoms with van der Waals surface area (Å²) in [5.41, 5.74) is -0.157. The minimum absolute atomic E-state index is 0.0116. The van der Waals surface area contributed by atoms with Gasteiger partial charge in [-0.3, -0.25) is 0 Å². The molecule has 3 saturated heterocycles. The molecule has 0 aromatic heterocycles. The van der Waals surface area contributed by atoms with Crippen LogP contribution in [0.25, 0.3) is 0 Å². The standard InChI is InChI=1S/C16H31B.C10H13BO2.C9H19BO2.C8H17BO2.C6H13BO2.C6H15BO2/c1-16(2,3)17(14-10-6-4-7-11-14)15-12-8-5-9-13-15;1-10(2,3)11-12-8-6-4-5-7-9(8)13-11;1-7(2)10-11-8(3,4)9(5,6)12-10;1-7(2)9-10-5-8(3,4)6-11-9;1-6(2,3)7-8-4-5-9-7;1-6(2,3)7(8-4)9-5/h14-15H,4-13H2,1-3H3;4-7H,1-3H3;7H,1-6H3;7H,5-6H2,1-4H3;4-5H2,1-3H3;1-5H3. The van der Waals surface area contributed by atoms with E-state index >= 15 is 0 Å². The Hall–Kier alpha value is -1.11. The summed E-state index contributed by atoms with van der Waals surface area (Å²) >= 11 is 0. The predicted molar refractivity (Wildman–Crippen MR) is 307 cm³/mol. The molecule has 0 radical (unpaired) electrons. The highest BCUT2D eigenvalue weighted by atomic mass is 16.7. The number of rotatable bonds is 6. The van der Waals surface area contributed by atoms with Gasteiger partial charge in [0.05, 0.1) is 24.4 Å². The van der Waals surface area contributed by atoms with Gasteiger partial charge in [0.2, 0.25) is 0 Å². The van der Waals surface area contributed by atoms with Crippen molar-refractivity contribution in [1.82, 2.24) is 0 Å². The molecule has 4 heterocycles. The van der Waals surface area contributed by atoms with Crippen molar-refractivity contribution in [3.05, 3.63) is 24.3 Å². The molecular formula is C55H108B6O10. The predicted octanol–water partition coefficient (Wildman–Crippen LogP) is 16.0. The van der Waals surface area contributed by atoms with Gasteiger partial charge in [-0.15, -0.1) is 0 Å². The van der Waals surface area contributed by atoms with Crippen molar-refractivity contribution >= 4 is 42.3 Å². The number of hydrogen-bond donors (Lipinski definition) is 0. The molecule has 406 valence electrons. The van der Waals surface area contributed by atoms with E-state index in [1.807, 2.05) is 24.3 Å². The molecule has 16 heteroatoms. The van der Waals surface area contributed by atoms with Crippen molar-refractivity contribution in [3.8, 4) is 11.5 Å². The Morgan fingerprint density at radius 2 is 0.887 bits per heavy atom. The lowest BCUT2D eigenvalue weighted by atomic mass is 9.21. The molecule has 0 atom stereocenters. The van der Waals surface area contributed by atoms with Gasteiger partial charge in [-0.25, -0.2) is 0 Å². The number of fused-ring (bicyclic) bond motifs is 1. The second kappa shape index (κ2) is 28.9. The Balaban J connectivity index is 0.000000297. The van der Waals surface area contributed by atoms with Gasteiger partial charge in [-0.2, -0.15) is 0 Å². The molecule has 6 aliphatic rings. The molecule has 0 amide bonds. The van der Waals surface area contributed by atoms with E-state index in [9.17, 15) is 0 Å². The average molecular weight is 994 g/mol. The lowest BCUT2D eigenvalue weighted by Gasteiger charge is -2.43. The Kier molecular flexibility index (Phi) is 26.8. The van der Waals surface area contributed by atoms with Gasteiger partial charge in [-0.05, 0) is 62.1 Å². The molecule has 71 heavy (non-hydrogen) atoms. The molecule has 4 aliphatic heterocycles. The van der Waals surface area contributed by atoms with Gasteiger partial charge in [0, 0.05) is 38.2 Å². The van der Waals surface area contributed by atoms with Crippen LogP contribution in [0.2, 0.25) is 44.5 Å². The van der Waals surface area contributed by atoms with Crippen LogP contribution in [0.3, 0.4) is 0 Å². The van der Waals surface area contributed by atoms with Crippen LogP contribution in [-0.2, 0) is 37.2 Å². The Labute approximate surface area is 441 Å². The van der Waals surface area contributed by atoms with Crippen molar-refractivity contribution < 1.29 is 46.5 Å². The van der Waals surface area contributed by atoms with Crippen molar-refractivity contribution in [2.24, 2.45) is 5.41 Å².